The Labute approximate surface area is 212 Å². The molecule has 196 valence electrons. The number of urea groups is 2. The highest BCUT2D eigenvalue weighted by Gasteiger charge is 2.38. The molecule has 1 unspecified atom stereocenters. The van der Waals surface area contributed by atoms with Crippen molar-refractivity contribution in [2.75, 3.05) is 59.5 Å². The van der Waals surface area contributed by atoms with Gasteiger partial charge in [-0.3, -0.25) is 9.80 Å². The molecule has 1 aromatic rings. The standard InChI is InChI=1S/C26H37N5O5/c1-5-12-27-25(33)30-16-14-29(15-17-30)18-21-22(24(32)36-7-3)23(28-26(34)31(21)13-6-2)19-8-10-20(35-4)11-9-19/h6,8-11,23H,2,5,7,12-18H2,1,3-4H3,(H,27,33)(H,28,34). The minimum Gasteiger partial charge on any atom is -0.497 e. The highest BCUT2D eigenvalue weighted by Crippen LogP contribution is 2.33. The third kappa shape index (κ3) is 6.37. The van der Waals surface area contributed by atoms with Gasteiger partial charge in [0.1, 0.15) is 5.75 Å². The summed E-state index contributed by atoms with van der Waals surface area (Å²) in [5.74, 6) is 0.205. The third-order valence-corrected chi connectivity index (χ3v) is 6.25. The van der Waals surface area contributed by atoms with E-state index >= 15 is 0 Å². The molecule has 0 aliphatic carbocycles. The highest BCUT2D eigenvalue weighted by atomic mass is 16.5. The summed E-state index contributed by atoms with van der Waals surface area (Å²) in [7, 11) is 1.58. The minimum absolute atomic E-state index is 0.0622. The van der Waals surface area contributed by atoms with Crippen molar-refractivity contribution < 1.29 is 23.9 Å². The lowest BCUT2D eigenvalue weighted by Gasteiger charge is -2.40. The van der Waals surface area contributed by atoms with Crippen molar-refractivity contribution >= 4 is 18.0 Å². The van der Waals surface area contributed by atoms with Crippen molar-refractivity contribution in [3.8, 4) is 5.75 Å². The van der Waals surface area contributed by atoms with Crippen LogP contribution in [-0.2, 0) is 9.53 Å². The van der Waals surface area contributed by atoms with E-state index in [1.54, 1.807) is 42.0 Å². The van der Waals surface area contributed by atoms with E-state index in [0.717, 1.165) is 12.0 Å². The van der Waals surface area contributed by atoms with Gasteiger partial charge in [0.25, 0.3) is 0 Å². The summed E-state index contributed by atoms with van der Waals surface area (Å²) in [4.78, 5) is 44.3. The average molecular weight is 500 g/mol. The maximum Gasteiger partial charge on any atom is 0.338 e. The zero-order valence-electron chi connectivity index (χ0n) is 21.4. The van der Waals surface area contributed by atoms with E-state index in [2.05, 4.69) is 22.1 Å². The summed E-state index contributed by atoms with van der Waals surface area (Å²) in [6.45, 7) is 11.4. The number of ether oxygens (including phenoxy) is 2. The van der Waals surface area contributed by atoms with Gasteiger partial charge in [0.05, 0.1) is 25.3 Å². The lowest BCUT2D eigenvalue weighted by Crippen LogP contribution is -2.55. The normalized spacial score (nSPS) is 18.5. The van der Waals surface area contributed by atoms with Crippen LogP contribution in [0, 0.1) is 0 Å². The van der Waals surface area contributed by atoms with Crippen molar-refractivity contribution in [3.05, 3.63) is 53.8 Å². The molecule has 1 atom stereocenters. The molecule has 0 saturated carbocycles. The summed E-state index contributed by atoms with van der Waals surface area (Å²) < 4.78 is 10.7. The second-order valence-electron chi connectivity index (χ2n) is 8.63. The smallest absolute Gasteiger partial charge is 0.338 e. The number of hydrogen-bond donors (Lipinski definition) is 2. The van der Waals surface area contributed by atoms with Crippen LogP contribution in [0.15, 0.2) is 48.2 Å². The second-order valence-corrected chi connectivity index (χ2v) is 8.63. The predicted molar refractivity (Wildman–Crippen MR) is 137 cm³/mol. The van der Waals surface area contributed by atoms with Crippen LogP contribution in [0.3, 0.4) is 0 Å². The SMILES string of the molecule is C=CCN1C(=O)NC(c2ccc(OC)cc2)C(C(=O)OCC)=C1CN1CCN(C(=O)NCCC)CC1. The number of nitrogens with zero attached hydrogens (tertiary/aromatic N) is 3. The van der Waals surface area contributed by atoms with Gasteiger partial charge in [-0.15, -0.1) is 6.58 Å². The van der Waals surface area contributed by atoms with E-state index in [1.165, 1.54) is 0 Å². The lowest BCUT2D eigenvalue weighted by atomic mass is 9.94. The number of rotatable bonds is 10. The van der Waals surface area contributed by atoms with Crippen LogP contribution in [0.25, 0.3) is 0 Å². The zero-order chi connectivity index (χ0) is 26.1. The molecule has 1 fully saturated rings. The van der Waals surface area contributed by atoms with Crippen LogP contribution >= 0.6 is 0 Å². The van der Waals surface area contributed by atoms with Crippen LogP contribution in [0.2, 0.25) is 0 Å². The van der Waals surface area contributed by atoms with Crippen LogP contribution in [0.5, 0.6) is 5.75 Å². The van der Waals surface area contributed by atoms with Gasteiger partial charge >= 0.3 is 18.0 Å². The Morgan fingerprint density at radius 1 is 1.17 bits per heavy atom. The van der Waals surface area contributed by atoms with Crippen LogP contribution < -0.4 is 15.4 Å². The molecule has 10 nitrogen and oxygen atoms in total. The van der Waals surface area contributed by atoms with Crippen molar-refractivity contribution in [1.29, 1.82) is 0 Å². The predicted octanol–water partition coefficient (Wildman–Crippen LogP) is 2.50. The first-order valence-electron chi connectivity index (χ1n) is 12.4. The molecule has 2 N–H and O–H groups in total. The average Bonchev–Trinajstić information content (AvgIpc) is 2.89. The Morgan fingerprint density at radius 3 is 2.44 bits per heavy atom. The fraction of sp³-hybridized carbons (Fsp3) is 0.500. The quantitative estimate of drug-likeness (QED) is 0.379. The molecule has 10 heteroatoms. The van der Waals surface area contributed by atoms with Crippen molar-refractivity contribution in [2.45, 2.75) is 26.3 Å². The summed E-state index contributed by atoms with van der Waals surface area (Å²) in [5.41, 5.74) is 1.73. The van der Waals surface area contributed by atoms with Gasteiger partial charge in [0, 0.05) is 51.5 Å². The van der Waals surface area contributed by atoms with E-state index in [9.17, 15) is 14.4 Å². The first-order valence-corrected chi connectivity index (χ1v) is 12.4. The molecule has 36 heavy (non-hydrogen) atoms. The number of carbonyl (C=O) groups excluding carboxylic acids is 3. The molecule has 0 radical (unpaired) electrons. The molecule has 3 rings (SSSR count). The van der Waals surface area contributed by atoms with Crippen molar-refractivity contribution in [1.82, 2.24) is 25.3 Å². The highest BCUT2D eigenvalue weighted by molar-refractivity contribution is 5.95. The van der Waals surface area contributed by atoms with Gasteiger partial charge in [-0.05, 0) is 31.0 Å². The number of hydrogen-bond acceptors (Lipinski definition) is 6. The van der Waals surface area contributed by atoms with E-state index in [-0.39, 0.29) is 25.2 Å². The first kappa shape index (κ1) is 27.1. The van der Waals surface area contributed by atoms with E-state index in [0.29, 0.717) is 56.3 Å². The number of esters is 1. The molecule has 1 saturated heterocycles. The molecule has 2 heterocycles. The molecule has 0 spiro atoms. The number of piperazine rings is 1. The minimum atomic E-state index is -0.667. The third-order valence-electron chi connectivity index (χ3n) is 6.25. The molecule has 2 aliphatic heterocycles. The van der Waals surface area contributed by atoms with Crippen molar-refractivity contribution in [2.24, 2.45) is 0 Å². The Morgan fingerprint density at radius 2 is 1.86 bits per heavy atom. The number of nitrogens with one attached hydrogen (secondary N) is 2. The number of benzene rings is 1. The summed E-state index contributed by atoms with van der Waals surface area (Å²) in [6, 6.07) is 6.21. The first-order chi connectivity index (χ1) is 17.4. The van der Waals surface area contributed by atoms with Gasteiger partial charge in [0.2, 0.25) is 0 Å². The Kier molecular flexibility index (Phi) is 9.75. The van der Waals surface area contributed by atoms with Gasteiger partial charge < -0.3 is 25.0 Å². The molecular formula is C26H37N5O5. The van der Waals surface area contributed by atoms with E-state index in [1.807, 2.05) is 19.1 Å². The molecule has 0 aromatic heterocycles. The summed E-state index contributed by atoms with van der Waals surface area (Å²) in [6.07, 6.45) is 2.51. The van der Waals surface area contributed by atoms with Crippen molar-refractivity contribution in [3.63, 3.8) is 0 Å². The largest absolute Gasteiger partial charge is 0.497 e. The number of carbonyl (C=O) groups is 3. The Bertz CT molecular complexity index is 969. The Hall–Kier alpha value is -3.53. The second kappa shape index (κ2) is 13.0. The fourth-order valence-electron chi connectivity index (χ4n) is 4.36. The van der Waals surface area contributed by atoms with E-state index < -0.39 is 12.0 Å². The summed E-state index contributed by atoms with van der Waals surface area (Å²) in [5, 5.41) is 5.88. The molecule has 2 aliphatic rings. The van der Waals surface area contributed by atoms with E-state index in [4.69, 9.17) is 9.47 Å². The van der Waals surface area contributed by atoms with Crippen LogP contribution in [0.1, 0.15) is 31.9 Å². The maximum absolute atomic E-state index is 13.3. The molecule has 4 amide bonds. The van der Waals surface area contributed by atoms with Crippen LogP contribution in [-0.4, -0.2) is 92.3 Å². The lowest BCUT2D eigenvalue weighted by molar-refractivity contribution is -0.139. The van der Waals surface area contributed by atoms with Crippen LogP contribution in [0.4, 0.5) is 9.59 Å². The Balaban J connectivity index is 1.92. The zero-order valence-corrected chi connectivity index (χ0v) is 21.4. The molecule has 1 aromatic carbocycles. The monoisotopic (exact) mass is 499 g/mol. The maximum atomic E-state index is 13.3. The molecule has 0 bridgehead atoms. The molecular weight excluding hydrogens is 462 g/mol. The van der Waals surface area contributed by atoms with Gasteiger partial charge in [-0.1, -0.05) is 25.1 Å². The fourth-order valence-corrected chi connectivity index (χ4v) is 4.36. The number of amides is 4. The van der Waals surface area contributed by atoms with Gasteiger partial charge in [-0.25, -0.2) is 14.4 Å². The topological polar surface area (TPSA) is 103 Å². The van der Waals surface area contributed by atoms with Gasteiger partial charge in [0.15, 0.2) is 0 Å². The summed E-state index contributed by atoms with van der Waals surface area (Å²) >= 11 is 0. The van der Waals surface area contributed by atoms with Gasteiger partial charge in [-0.2, -0.15) is 0 Å². The number of methoxy groups -OCH3 is 1.